The molecule has 4 aromatic rings. The lowest BCUT2D eigenvalue weighted by atomic mass is 10.2. The topological polar surface area (TPSA) is 59.3 Å². The van der Waals surface area contributed by atoms with Crippen LogP contribution in [0.2, 0.25) is 0 Å². The number of rotatable bonds is 2. The minimum Gasteiger partial charge on any atom is -0.320 e. The molecule has 0 aliphatic heterocycles. The summed E-state index contributed by atoms with van der Waals surface area (Å²) in [5.74, 6) is -0.240. The standard InChI is InChI=1S/C18H14N4O/c1-12-6-2-3-7-13(12)21-18(23)17-16-10-19-11-22(16)15-9-5-4-8-14(15)20-17/h2-11H,1H3,(H,21,23). The van der Waals surface area contributed by atoms with Crippen molar-refractivity contribution < 1.29 is 4.79 Å². The number of amides is 1. The summed E-state index contributed by atoms with van der Waals surface area (Å²) in [6, 6.07) is 15.4. The number of aryl methyl sites for hydroxylation is 1. The van der Waals surface area contributed by atoms with Gasteiger partial charge in [-0.3, -0.25) is 9.20 Å². The monoisotopic (exact) mass is 302 g/mol. The van der Waals surface area contributed by atoms with E-state index in [0.717, 1.165) is 22.3 Å². The second-order valence-corrected chi connectivity index (χ2v) is 5.37. The van der Waals surface area contributed by atoms with Crippen LogP contribution in [-0.2, 0) is 0 Å². The normalized spacial score (nSPS) is 11.0. The van der Waals surface area contributed by atoms with Gasteiger partial charge in [-0.05, 0) is 30.7 Å². The Kier molecular flexibility index (Phi) is 3.05. The molecule has 2 aromatic heterocycles. The first-order valence-corrected chi connectivity index (χ1v) is 7.32. The van der Waals surface area contributed by atoms with E-state index in [4.69, 9.17) is 0 Å². The summed E-state index contributed by atoms with van der Waals surface area (Å²) in [7, 11) is 0. The Balaban J connectivity index is 1.85. The molecule has 5 nitrogen and oxygen atoms in total. The van der Waals surface area contributed by atoms with Crippen LogP contribution in [0.4, 0.5) is 5.69 Å². The van der Waals surface area contributed by atoms with Gasteiger partial charge < -0.3 is 5.32 Å². The van der Waals surface area contributed by atoms with Gasteiger partial charge in [0.15, 0.2) is 5.69 Å². The van der Waals surface area contributed by atoms with Gasteiger partial charge in [0.25, 0.3) is 5.91 Å². The minimum atomic E-state index is -0.240. The molecule has 0 aliphatic rings. The molecule has 0 aliphatic carbocycles. The van der Waals surface area contributed by atoms with Crippen LogP contribution in [0.15, 0.2) is 61.1 Å². The summed E-state index contributed by atoms with van der Waals surface area (Å²) < 4.78 is 1.88. The van der Waals surface area contributed by atoms with Gasteiger partial charge in [0.2, 0.25) is 0 Å². The zero-order chi connectivity index (χ0) is 15.8. The molecular weight excluding hydrogens is 288 g/mol. The lowest BCUT2D eigenvalue weighted by Crippen LogP contribution is -2.16. The van der Waals surface area contributed by atoms with Gasteiger partial charge >= 0.3 is 0 Å². The van der Waals surface area contributed by atoms with Gasteiger partial charge in [0.05, 0.1) is 29.1 Å². The van der Waals surface area contributed by atoms with Crippen LogP contribution in [0.1, 0.15) is 16.1 Å². The Labute approximate surface area is 132 Å². The molecule has 0 unspecified atom stereocenters. The van der Waals surface area contributed by atoms with Crippen molar-refractivity contribution in [1.82, 2.24) is 14.4 Å². The van der Waals surface area contributed by atoms with Crippen LogP contribution in [0, 0.1) is 6.92 Å². The Morgan fingerprint density at radius 1 is 1.04 bits per heavy atom. The van der Waals surface area contributed by atoms with Crippen molar-refractivity contribution in [3.63, 3.8) is 0 Å². The lowest BCUT2D eigenvalue weighted by molar-refractivity contribution is 0.102. The highest BCUT2D eigenvalue weighted by Gasteiger charge is 2.16. The fourth-order valence-corrected chi connectivity index (χ4v) is 2.66. The molecule has 0 fully saturated rings. The van der Waals surface area contributed by atoms with Crippen LogP contribution in [0.25, 0.3) is 16.6 Å². The highest BCUT2D eigenvalue weighted by Crippen LogP contribution is 2.20. The van der Waals surface area contributed by atoms with Crippen LogP contribution in [0.5, 0.6) is 0 Å². The van der Waals surface area contributed by atoms with E-state index < -0.39 is 0 Å². The molecule has 2 heterocycles. The zero-order valence-corrected chi connectivity index (χ0v) is 12.5. The number of hydrogen-bond acceptors (Lipinski definition) is 3. The van der Waals surface area contributed by atoms with Crippen LogP contribution in [-0.4, -0.2) is 20.3 Å². The fraction of sp³-hybridized carbons (Fsp3) is 0.0556. The van der Waals surface area contributed by atoms with Crippen molar-refractivity contribution in [3.8, 4) is 0 Å². The van der Waals surface area contributed by atoms with Gasteiger partial charge in [-0.2, -0.15) is 0 Å². The fourth-order valence-electron chi connectivity index (χ4n) is 2.66. The number of benzene rings is 2. The Morgan fingerprint density at radius 2 is 1.83 bits per heavy atom. The van der Waals surface area contributed by atoms with Crippen LogP contribution in [0.3, 0.4) is 0 Å². The summed E-state index contributed by atoms with van der Waals surface area (Å²) in [4.78, 5) is 21.4. The van der Waals surface area contributed by atoms with Crippen molar-refractivity contribution in [3.05, 3.63) is 72.3 Å². The van der Waals surface area contributed by atoms with Crippen LogP contribution >= 0.6 is 0 Å². The van der Waals surface area contributed by atoms with E-state index in [1.54, 1.807) is 12.5 Å². The number of imidazole rings is 1. The Hall–Kier alpha value is -3.21. The van der Waals surface area contributed by atoms with E-state index in [-0.39, 0.29) is 5.91 Å². The molecule has 0 spiro atoms. The van der Waals surface area contributed by atoms with Crippen molar-refractivity contribution >= 4 is 28.1 Å². The third kappa shape index (κ3) is 2.23. The first-order chi connectivity index (χ1) is 11.2. The van der Waals surface area contributed by atoms with E-state index in [2.05, 4.69) is 15.3 Å². The van der Waals surface area contributed by atoms with Gasteiger partial charge in [0.1, 0.15) is 0 Å². The van der Waals surface area contributed by atoms with Crippen molar-refractivity contribution in [2.24, 2.45) is 0 Å². The number of carbonyl (C=O) groups excluding carboxylic acids is 1. The number of aromatic nitrogens is 3. The smallest absolute Gasteiger partial charge is 0.276 e. The van der Waals surface area contributed by atoms with Gasteiger partial charge in [-0.1, -0.05) is 30.3 Å². The Bertz CT molecular complexity index is 1040. The molecule has 4 rings (SSSR count). The third-order valence-electron chi connectivity index (χ3n) is 3.86. The highest BCUT2D eigenvalue weighted by atomic mass is 16.1. The van der Waals surface area contributed by atoms with Crippen LogP contribution < -0.4 is 5.32 Å². The number of para-hydroxylation sites is 3. The maximum absolute atomic E-state index is 12.7. The summed E-state index contributed by atoms with van der Waals surface area (Å²) in [5.41, 5.74) is 4.52. The van der Waals surface area contributed by atoms with Gasteiger partial charge in [0, 0.05) is 5.69 Å². The molecule has 1 amide bonds. The summed E-state index contributed by atoms with van der Waals surface area (Å²) in [5, 5.41) is 2.93. The molecule has 112 valence electrons. The molecule has 5 heteroatoms. The van der Waals surface area contributed by atoms with Crippen molar-refractivity contribution in [1.29, 1.82) is 0 Å². The molecule has 0 atom stereocenters. The largest absolute Gasteiger partial charge is 0.320 e. The molecule has 0 radical (unpaired) electrons. The predicted octanol–water partition coefficient (Wildman–Crippen LogP) is 3.44. The van der Waals surface area contributed by atoms with Crippen molar-refractivity contribution in [2.45, 2.75) is 6.92 Å². The number of anilines is 1. The average molecular weight is 302 g/mol. The zero-order valence-electron chi connectivity index (χ0n) is 12.5. The van der Waals surface area contributed by atoms with E-state index in [0.29, 0.717) is 11.2 Å². The second kappa shape index (κ2) is 5.21. The first-order valence-electron chi connectivity index (χ1n) is 7.32. The number of nitrogens with zero attached hydrogens (tertiary/aromatic N) is 3. The molecule has 0 saturated carbocycles. The van der Waals surface area contributed by atoms with E-state index in [1.165, 1.54) is 0 Å². The molecule has 0 bridgehead atoms. The molecule has 23 heavy (non-hydrogen) atoms. The average Bonchev–Trinajstić information content (AvgIpc) is 3.06. The molecule has 0 saturated heterocycles. The maximum Gasteiger partial charge on any atom is 0.276 e. The molecular formula is C18H14N4O. The predicted molar refractivity (Wildman–Crippen MR) is 89.6 cm³/mol. The highest BCUT2D eigenvalue weighted by molar-refractivity contribution is 6.08. The number of nitrogens with one attached hydrogen (secondary N) is 1. The van der Waals surface area contributed by atoms with Gasteiger partial charge in [-0.15, -0.1) is 0 Å². The molecule has 1 N–H and O–H groups in total. The van der Waals surface area contributed by atoms with E-state index in [9.17, 15) is 4.79 Å². The SMILES string of the molecule is Cc1ccccc1NC(=O)c1nc2ccccc2n2cncc12. The van der Waals surface area contributed by atoms with Crippen molar-refractivity contribution in [2.75, 3.05) is 5.32 Å². The quantitative estimate of drug-likeness (QED) is 0.617. The minimum absolute atomic E-state index is 0.240. The molecule has 2 aromatic carbocycles. The summed E-state index contributed by atoms with van der Waals surface area (Å²) >= 11 is 0. The summed E-state index contributed by atoms with van der Waals surface area (Å²) in [6.07, 6.45) is 3.36. The number of fused-ring (bicyclic) bond motifs is 3. The number of carbonyl (C=O) groups is 1. The maximum atomic E-state index is 12.7. The second-order valence-electron chi connectivity index (χ2n) is 5.37. The Morgan fingerprint density at radius 3 is 2.70 bits per heavy atom. The van der Waals surface area contributed by atoms with Gasteiger partial charge in [-0.25, -0.2) is 9.97 Å². The van der Waals surface area contributed by atoms with E-state index >= 15 is 0 Å². The first kappa shape index (κ1) is 13.5. The summed E-state index contributed by atoms with van der Waals surface area (Å²) in [6.45, 7) is 1.96. The van der Waals surface area contributed by atoms with E-state index in [1.807, 2.05) is 59.9 Å². The third-order valence-corrected chi connectivity index (χ3v) is 3.86. The lowest BCUT2D eigenvalue weighted by Gasteiger charge is -2.10. The number of hydrogen-bond donors (Lipinski definition) is 1.